The molecule has 1 N–H and O–H groups in total. The molecule has 1 atom stereocenters. The third kappa shape index (κ3) is 4.61. The quantitative estimate of drug-likeness (QED) is 0.542. The molecule has 0 bridgehead atoms. The number of hydrogen-bond acceptors (Lipinski definition) is 8. The second kappa shape index (κ2) is 10.1. The minimum atomic E-state index is -0.0906. The number of aliphatic hydroxyl groups is 1. The first-order valence-electron chi connectivity index (χ1n) is 13.7. The second-order valence-corrected chi connectivity index (χ2v) is 10.9. The van der Waals surface area contributed by atoms with E-state index in [2.05, 4.69) is 22.8 Å². The number of morpholine rings is 1. The van der Waals surface area contributed by atoms with E-state index in [1.807, 2.05) is 24.3 Å². The van der Waals surface area contributed by atoms with Crippen LogP contribution >= 0.6 is 0 Å². The molecule has 196 valence electrons. The zero-order valence-corrected chi connectivity index (χ0v) is 21.9. The average Bonchev–Trinajstić information content (AvgIpc) is 3.35. The molecular formula is C29H37N5O3. The fourth-order valence-electron chi connectivity index (χ4n) is 6.42. The van der Waals surface area contributed by atoms with Gasteiger partial charge in [-0.05, 0) is 61.9 Å². The molecule has 6 rings (SSSR count). The maximum absolute atomic E-state index is 9.82. The fourth-order valence-corrected chi connectivity index (χ4v) is 6.42. The third-order valence-corrected chi connectivity index (χ3v) is 8.55. The van der Waals surface area contributed by atoms with Gasteiger partial charge in [-0.3, -0.25) is 0 Å². The van der Waals surface area contributed by atoms with E-state index in [1.54, 1.807) is 7.11 Å². The number of hydrogen-bond donors (Lipinski definition) is 1. The number of aromatic nitrogens is 3. The molecule has 8 heteroatoms. The molecule has 0 radical (unpaired) electrons. The summed E-state index contributed by atoms with van der Waals surface area (Å²) in [4.78, 5) is 20.0. The highest BCUT2D eigenvalue weighted by atomic mass is 16.5. The molecule has 3 fully saturated rings. The summed E-state index contributed by atoms with van der Waals surface area (Å²) in [6, 6.07) is 10.1. The second-order valence-electron chi connectivity index (χ2n) is 10.9. The highest BCUT2D eigenvalue weighted by Crippen LogP contribution is 2.45. The van der Waals surface area contributed by atoms with E-state index < -0.39 is 0 Å². The highest BCUT2D eigenvalue weighted by Gasteiger charge is 2.40. The van der Waals surface area contributed by atoms with Crippen LogP contribution < -0.4 is 14.5 Å². The molecule has 1 aliphatic carbocycles. The minimum absolute atomic E-state index is 0.0906. The van der Waals surface area contributed by atoms with Crippen LogP contribution in [0.15, 0.2) is 30.3 Å². The Kier molecular flexibility index (Phi) is 6.63. The zero-order valence-electron chi connectivity index (χ0n) is 21.9. The topological polar surface area (TPSA) is 83.8 Å². The first-order chi connectivity index (χ1) is 18.1. The van der Waals surface area contributed by atoms with Gasteiger partial charge in [-0.15, -0.1) is 0 Å². The number of ether oxygens (including phenoxy) is 2. The Morgan fingerprint density at radius 1 is 1.05 bits per heavy atom. The van der Waals surface area contributed by atoms with Crippen molar-refractivity contribution in [1.82, 2.24) is 15.0 Å². The maximum Gasteiger partial charge on any atom is 0.229 e. The Morgan fingerprint density at radius 2 is 1.92 bits per heavy atom. The summed E-state index contributed by atoms with van der Waals surface area (Å²) in [5.74, 6) is 2.41. The van der Waals surface area contributed by atoms with Crippen LogP contribution in [0.25, 0.3) is 22.3 Å². The van der Waals surface area contributed by atoms with Gasteiger partial charge in [0.2, 0.25) is 5.95 Å². The van der Waals surface area contributed by atoms with Gasteiger partial charge < -0.3 is 24.4 Å². The summed E-state index contributed by atoms with van der Waals surface area (Å²) >= 11 is 0. The van der Waals surface area contributed by atoms with E-state index >= 15 is 0 Å². The smallest absolute Gasteiger partial charge is 0.229 e. The van der Waals surface area contributed by atoms with Crippen molar-refractivity contribution in [2.24, 2.45) is 5.41 Å². The van der Waals surface area contributed by atoms with Crippen molar-refractivity contribution >= 4 is 22.8 Å². The number of rotatable bonds is 5. The largest absolute Gasteiger partial charge is 0.496 e. The predicted molar refractivity (Wildman–Crippen MR) is 145 cm³/mol. The Hall–Kier alpha value is -2.97. The number of methoxy groups -OCH3 is 1. The monoisotopic (exact) mass is 503 g/mol. The Balaban J connectivity index is 1.43. The van der Waals surface area contributed by atoms with Gasteiger partial charge in [0.05, 0.1) is 44.1 Å². The zero-order chi connectivity index (χ0) is 25.4. The normalized spacial score (nSPS) is 21.6. The number of nitrogens with zero attached hydrogens (tertiary/aromatic N) is 5. The van der Waals surface area contributed by atoms with Gasteiger partial charge in [0, 0.05) is 30.8 Å². The SMILES string of the molecule is COc1ccc(-c2ccc3c(N4CCOC[C@@H]4C)nc(N4CCC5(CCCCC5)C4)nc3n2)cc1CO. The number of anilines is 2. The van der Waals surface area contributed by atoms with Crippen LogP contribution in [-0.2, 0) is 11.3 Å². The van der Waals surface area contributed by atoms with Crippen molar-refractivity contribution in [3.8, 4) is 17.0 Å². The Morgan fingerprint density at radius 3 is 2.70 bits per heavy atom. The molecule has 2 aromatic heterocycles. The molecule has 0 amide bonds. The van der Waals surface area contributed by atoms with Gasteiger partial charge >= 0.3 is 0 Å². The number of pyridine rings is 1. The summed E-state index contributed by atoms with van der Waals surface area (Å²) in [5.41, 5.74) is 3.61. The van der Waals surface area contributed by atoms with Gasteiger partial charge in [-0.25, -0.2) is 4.98 Å². The number of fused-ring (bicyclic) bond motifs is 1. The molecule has 8 nitrogen and oxygen atoms in total. The van der Waals surface area contributed by atoms with Crippen molar-refractivity contribution in [1.29, 1.82) is 0 Å². The standard InChI is InChI=1S/C29H37N5O3/c1-20-18-37-15-14-34(20)27-23-7-8-24(21-6-9-25(36-2)22(16-21)17-35)30-26(23)31-28(32-27)33-13-12-29(19-33)10-4-3-5-11-29/h6-9,16,20,35H,3-5,10-15,17-19H2,1-2H3/t20-/m0/s1. The molecule has 2 saturated heterocycles. The van der Waals surface area contributed by atoms with Gasteiger partial charge in [0.25, 0.3) is 0 Å². The molecule has 1 saturated carbocycles. The van der Waals surface area contributed by atoms with E-state index in [-0.39, 0.29) is 12.6 Å². The molecule has 3 aliphatic rings. The predicted octanol–water partition coefficient (Wildman–Crippen LogP) is 4.58. The van der Waals surface area contributed by atoms with Crippen LogP contribution in [0.4, 0.5) is 11.8 Å². The first-order valence-corrected chi connectivity index (χ1v) is 13.7. The van der Waals surface area contributed by atoms with Crippen LogP contribution in [-0.4, -0.2) is 66.1 Å². The maximum atomic E-state index is 9.82. The van der Waals surface area contributed by atoms with E-state index in [0.29, 0.717) is 30.0 Å². The molecule has 2 aliphatic heterocycles. The lowest BCUT2D eigenvalue weighted by Gasteiger charge is -2.35. The molecule has 1 aromatic carbocycles. The van der Waals surface area contributed by atoms with Gasteiger partial charge in [0.1, 0.15) is 11.6 Å². The van der Waals surface area contributed by atoms with Crippen LogP contribution in [0.1, 0.15) is 51.0 Å². The van der Waals surface area contributed by atoms with Crippen molar-refractivity contribution < 1.29 is 14.6 Å². The van der Waals surface area contributed by atoms with Crippen molar-refractivity contribution in [3.63, 3.8) is 0 Å². The summed E-state index contributed by atoms with van der Waals surface area (Å²) in [7, 11) is 1.62. The van der Waals surface area contributed by atoms with Gasteiger partial charge in [-0.2, -0.15) is 9.97 Å². The van der Waals surface area contributed by atoms with E-state index in [4.69, 9.17) is 24.4 Å². The molecule has 1 spiro atoms. The summed E-state index contributed by atoms with van der Waals surface area (Å²) in [6.07, 6.45) is 7.90. The lowest BCUT2D eigenvalue weighted by Crippen LogP contribution is -2.44. The fraction of sp³-hybridized carbons (Fsp3) is 0.552. The van der Waals surface area contributed by atoms with Gasteiger partial charge in [-0.1, -0.05) is 19.3 Å². The van der Waals surface area contributed by atoms with Crippen LogP contribution in [0.2, 0.25) is 0 Å². The van der Waals surface area contributed by atoms with Crippen LogP contribution in [0.3, 0.4) is 0 Å². The first kappa shape index (κ1) is 24.4. The van der Waals surface area contributed by atoms with Crippen LogP contribution in [0.5, 0.6) is 5.75 Å². The van der Waals surface area contributed by atoms with E-state index in [1.165, 1.54) is 38.5 Å². The summed E-state index contributed by atoms with van der Waals surface area (Å²) in [6.45, 7) is 6.32. The summed E-state index contributed by atoms with van der Waals surface area (Å²) < 4.78 is 11.1. The number of aliphatic hydroxyl groups excluding tert-OH is 1. The molecule has 3 aromatic rings. The number of benzene rings is 1. The van der Waals surface area contributed by atoms with Crippen molar-refractivity contribution in [2.75, 3.05) is 49.8 Å². The third-order valence-electron chi connectivity index (χ3n) is 8.55. The molecular weight excluding hydrogens is 466 g/mol. The minimum Gasteiger partial charge on any atom is -0.496 e. The molecule has 4 heterocycles. The Labute approximate surface area is 218 Å². The van der Waals surface area contributed by atoms with Crippen molar-refractivity contribution in [2.45, 2.75) is 58.1 Å². The van der Waals surface area contributed by atoms with E-state index in [9.17, 15) is 5.11 Å². The van der Waals surface area contributed by atoms with Crippen molar-refractivity contribution in [3.05, 3.63) is 35.9 Å². The van der Waals surface area contributed by atoms with Gasteiger partial charge in [0.15, 0.2) is 5.65 Å². The lowest BCUT2D eigenvalue weighted by molar-refractivity contribution is 0.0987. The highest BCUT2D eigenvalue weighted by molar-refractivity contribution is 5.90. The summed E-state index contributed by atoms with van der Waals surface area (Å²) in [5, 5.41) is 10.8. The molecule has 0 unspecified atom stereocenters. The Bertz CT molecular complexity index is 1280. The average molecular weight is 504 g/mol. The molecule has 37 heavy (non-hydrogen) atoms. The van der Waals surface area contributed by atoms with Crippen LogP contribution in [0, 0.1) is 5.41 Å². The lowest BCUT2D eigenvalue weighted by atomic mass is 9.73. The van der Waals surface area contributed by atoms with E-state index in [0.717, 1.165) is 53.6 Å².